The molecule has 0 N–H and O–H groups in total. The van der Waals surface area contributed by atoms with Gasteiger partial charge in [0.2, 0.25) is 0 Å². The number of rotatable bonds is 6. The fraction of sp³-hybridized carbons (Fsp3) is 0.565. The lowest BCUT2D eigenvalue weighted by atomic mass is 9.99. The van der Waals surface area contributed by atoms with Crippen LogP contribution in [-0.4, -0.2) is 37.6 Å². The van der Waals surface area contributed by atoms with E-state index in [1.807, 2.05) is 6.07 Å². The molecule has 1 saturated heterocycles. The number of methoxy groups -OCH3 is 1. The van der Waals surface area contributed by atoms with E-state index in [9.17, 15) is 0 Å². The van der Waals surface area contributed by atoms with Gasteiger partial charge in [-0.05, 0) is 57.5 Å². The Labute approximate surface area is 162 Å². The molecule has 1 fully saturated rings. The van der Waals surface area contributed by atoms with Crippen molar-refractivity contribution in [2.24, 2.45) is 0 Å². The van der Waals surface area contributed by atoms with Crippen LogP contribution >= 0.6 is 0 Å². The van der Waals surface area contributed by atoms with Crippen molar-refractivity contribution in [3.63, 3.8) is 0 Å². The molecule has 0 spiro atoms. The van der Waals surface area contributed by atoms with Gasteiger partial charge >= 0.3 is 0 Å². The van der Waals surface area contributed by atoms with Crippen molar-refractivity contribution in [3.05, 3.63) is 42.0 Å². The summed E-state index contributed by atoms with van der Waals surface area (Å²) >= 11 is 0. The second-order valence-electron chi connectivity index (χ2n) is 8.49. The SMILES string of the molecule is COc1cc2ccccc2cc1[C@H]1C[C@@H](OC(C)C)[C@@H](COC(C)(C)C)O1. The van der Waals surface area contributed by atoms with Crippen molar-refractivity contribution in [1.82, 2.24) is 0 Å². The standard InChI is InChI=1S/C23H32O4/c1-15(2)26-21-13-20(27-22(21)14-25-23(3,4)5)18-11-16-9-7-8-10-17(16)12-19(18)24-6/h7-12,15,20-22H,13-14H2,1-6H3/t20-,21-,22-/m1/s1. The van der Waals surface area contributed by atoms with Gasteiger partial charge in [0.15, 0.2) is 0 Å². The minimum atomic E-state index is -0.204. The first-order valence-electron chi connectivity index (χ1n) is 9.78. The Kier molecular flexibility index (Phi) is 6.09. The first-order valence-corrected chi connectivity index (χ1v) is 9.78. The van der Waals surface area contributed by atoms with Crippen LogP contribution in [0.15, 0.2) is 36.4 Å². The van der Waals surface area contributed by atoms with Crippen molar-refractivity contribution in [3.8, 4) is 5.75 Å². The van der Waals surface area contributed by atoms with Crippen LogP contribution in [0.2, 0.25) is 0 Å². The fourth-order valence-electron chi connectivity index (χ4n) is 3.55. The molecule has 4 nitrogen and oxygen atoms in total. The maximum Gasteiger partial charge on any atom is 0.125 e. The zero-order valence-corrected chi connectivity index (χ0v) is 17.3. The van der Waals surface area contributed by atoms with Crippen LogP contribution in [0.25, 0.3) is 10.8 Å². The van der Waals surface area contributed by atoms with Crippen LogP contribution in [0, 0.1) is 0 Å². The smallest absolute Gasteiger partial charge is 0.125 e. The van der Waals surface area contributed by atoms with Crippen molar-refractivity contribution in [2.75, 3.05) is 13.7 Å². The molecule has 0 unspecified atom stereocenters. The summed E-state index contributed by atoms with van der Waals surface area (Å²) in [7, 11) is 1.71. The Balaban J connectivity index is 1.86. The quantitative estimate of drug-likeness (QED) is 0.691. The summed E-state index contributed by atoms with van der Waals surface area (Å²) in [5.74, 6) is 0.861. The van der Waals surface area contributed by atoms with E-state index in [0.717, 1.165) is 17.7 Å². The molecule has 0 saturated carbocycles. The van der Waals surface area contributed by atoms with Gasteiger partial charge in [0.1, 0.15) is 11.9 Å². The highest BCUT2D eigenvalue weighted by molar-refractivity contribution is 5.85. The van der Waals surface area contributed by atoms with Crippen LogP contribution in [0.5, 0.6) is 5.75 Å². The zero-order valence-electron chi connectivity index (χ0n) is 17.3. The predicted molar refractivity (Wildman–Crippen MR) is 108 cm³/mol. The van der Waals surface area contributed by atoms with Gasteiger partial charge in [-0.25, -0.2) is 0 Å². The molecule has 0 bridgehead atoms. The highest BCUT2D eigenvalue weighted by Crippen LogP contribution is 2.41. The molecule has 2 aromatic carbocycles. The van der Waals surface area contributed by atoms with Gasteiger partial charge in [0, 0.05) is 12.0 Å². The third kappa shape index (κ3) is 5.01. The maximum absolute atomic E-state index is 6.42. The van der Waals surface area contributed by atoms with Gasteiger partial charge in [0.05, 0.1) is 37.6 Å². The molecule has 1 heterocycles. The maximum atomic E-state index is 6.42. The molecule has 2 aromatic rings. The Morgan fingerprint density at radius 3 is 2.37 bits per heavy atom. The van der Waals surface area contributed by atoms with Crippen molar-refractivity contribution >= 4 is 10.8 Å². The largest absolute Gasteiger partial charge is 0.496 e. The van der Waals surface area contributed by atoms with Gasteiger partial charge in [-0.15, -0.1) is 0 Å². The summed E-state index contributed by atoms with van der Waals surface area (Å²) < 4.78 is 24.3. The highest BCUT2D eigenvalue weighted by Gasteiger charge is 2.39. The normalized spacial score (nSPS) is 23.3. The Morgan fingerprint density at radius 2 is 1.78 bits per heavy atom. The summed E-state index contributed by atoms with van der Waals surface area (Å²) in [5.41, 5.74) is 0.872. The van der Waals surface area contributed by atoms with Crippen LogP contribution < -0.4 is 4.74 Å². The van der Waals surface area contributed by atoms with E-state index in [2.05, 4.69) is 65.0 Å². The molecule has 3 rings (SSSR count). The van der Waals surface area contributed by atoms with Gasteiger partial charge in [-0.3, -0.25) is 0 Å². The molecule has 0 amide bonds. The Hall–Kier alpha value is -1.62. The third-order valence-corrected chi connectivity index (χ3v) is 4.77. The lowest BCUT2D eigenvalue weighted by Crippen LogP contribution is -2.34. The topological polar surface area (TPSA) is 36.9 Å². The summed E-state index contributed by atoms with van der Waals surface area (Å²) in [4.78, 5) is 0. The summed E-state index contributed by atoms with van der Waals surface area (Å²) in [5, 5.41) is 2.35. The molecule has 0 radical (unpaired) electrons. The summed E-state index contributed by atoms with van der Waals surface area (Å²) in [6, 6.07) is 12.6. The number of fused-ring (bicyclic) bond motifs is 1. The first kappa shape index (κ1) is 20.1. The summed E-state index contributed by atoms with van der Waals surface area (Å²) in [6.45, 7) is 10.8. The van der Waals surface area contributed by atoms with Gasteiger partial charge in [0.25, 0.3) is 0 Å². The molecular weight excluding hydrogens is 340 g/mol. The second kappa shape index (κ2) is 8.17. The lowest BCUT2D eigenvalue weighted by molar-refractivity contribution is -0.108. The number of benzene rings is 2. The molecule has 27 heavy (non-hydrogen) atoms. The molecule has 1 aliphatic rings. The minimum absolute atomic E-state index is 0.00789. The Bertz CT molecular complexity index is 763. The van der Waals surface area contributed by atoms with E-state index >= 15 is 0 Å². The predicted octanol–water partition coefficient (Wildman–Crippen LogP) is 5.29. The molecular formula is C23H32O4. The third-order valence-electron chi connectivity index (χ3n) is 4.77. The molecule has 3 atom stereocenters. The number of hydrogen-bond donors (Lipinski definition) is 0. The van der Waals surface area contributed by atoms with Crippen LogP contribution in [0.3, 0.4) is 0 Å². The first-order chi connectivity index (χ1) is 12.8. The minimum Gasteiger partial charge on any atom is -0.496 e. The van der Waals surface area contributed by atoms with Crippen molar-refractivity contribution in [1.29, 1.82) is 0 Å². The van der Waals surface area contributed by atoms with Gasteiger partial charge < -0.3 is 18.9 Å². The van der Waals surface area contributed by atoms with E-state index in [1.165, 1.54) is 10.8 Å². The van der Waals surface area contributed by atoms with Crippen LogP contribution in [0.4, 0.5) is 0 Å². The summed E-state index contributed by atoms with van der Waals surface area (Å²) in [6.07, 6.45) is 0.793. The molecule has 1 aliphatic heterocycles. The molecule has 148 valence electrons. The van der Waals surface area contributed by atoms with E-state index in [-0.39, 0.29) is 30.0 Å². The number of hydrogen-bond acceptors (Lipinski definition) is 4. The van der Waals surface area contributed by atoms with E-state index < -0.39 is 0 Å². The van der Waals surface area contributed by atoms with Crippen molar-refractivity contribution < 1.29 is 18.9 Å². The lowest BCUT2D eigenvalue weighted by Gasteiger charge is -2.26. The molecule has 4 heteroatoms. The molecule has 0 aliphatic carbocycles. The van der Waals surface area contributed by atoms with Crippen molar-refractivity contribution in [2.45, 2.75) is 71.1 Å². The second-order valence-corrected chi connectivity index (χ2v) is 8.49. The average Bonchev–Trinajstić information content (AvgIpc) is 3.00. The highest BCUT2D eigenvalue weighted by atomic mass is 16.6. The number of ether oxygens (including phenoxy) is 4. The monoisotopic (exact) mass is 372 g/mol. The molecule has 0 aromatic heterocycles. The van der Waals surface area contributed by atoms with Gasteiger partial charge in [-0.1, -0.05) is 24.3 Å². The van der Waals surface area contributed by atoms with Crippen LogP contribution in [0.1, 0.15) is 52.7 Å². The van der Waals surface area contributed by atoms with E-state index in [0.29, 0.717) is 6.61 Å². The average molecular weight is 373 g/mol. The van der Waals surface area contributed by atoms with Crippen LogP contribution in [-0.2, 0) is 14.2 Å². The Morgan fingerprint density at radius 1 is 1.11 bits per heavy atom. The zero-order chi connectivity index (χ0) is 19.6. The van der Waals surface area contributed by atoms with Gasteiger partial charge in [-0.2, -0.15) is 0 Å². The van der Waals surface area contributed by atoms with E-state index in [4.69, 9.17) is 18.9 Å². The fourth-order valence-corrected chi connectivity index (χ4v) is 3.55. The van der Waals surface area contributed by atoms with E-state index in [1.54, 1.807) is 7.11 Å².